The Morgan fingerprint density at radius 2 is 1.89 bits per heavy atom. The number of nitrogens with one attached hydrogen (secondary N) is 1. The van der Waals surface area contributed by atoms with E-state index < -0.39 is 0 Å². The molecule has 0 heterocycles. The number of hydrazine groups is 1. The highest BCUT2D eigenvalue weighted by Gasteiger charge is 2.14. The van der Waals surface area contributed by atoms with Crippen LogP contribution in [-0.2, 0) is 0 Å². The van der Waals surface area contributed by atoms with E-state index in [-0.39, 0.29) is 0 Å². The summed E-state index contributed by atoms with van der Waals surface area (Å²) in [5.74, 6) is 6.52. The van der Waals surface area contributed by atoms with Crippen molar-refractivity contribution in [1.29, 1.82) is 0 Å². The Labute approximate surface area is 120 Å². The molecule has 1 saturated carbocycles. The molecule has 4 heteroatoms. The van der Waals surface area contributed by atoms with Gasteiger partial charge in [0.1, 0.15) is 5.84 Å². The molecular formula is C15H23N3S. The lowest BCUT2D eigenvalue weighted by Crippen LogP contribution is -2.32. The molecule has 3 N–H and O–H groups in total. The maximum absolute atomic E-state index is 5.69. The molecule has 0 unspecified atom stereocenters. The van der Waals surface area contributed by atoms with Crippen molar-refractivity contribution in [3.05, 3.63) is 29.8 Å². The fourth-order valence-corrected chi connectivity index (χ4v) is 3.19. The molecule has 1 aliphatic rings. The standard InChI is InChI=1S/C15H23N3S/c1-19-14-11-7-6-10-13(14)15(18-16)17-12-8-4-2-3-5-9-12/h6-7,10-12H,2-5,8-9,16H2,1H3,(H,17,18). The van der Waals surface area contributed by atoms with Gasteiger partial charge in [-0.15, -0.1) is 11.8 Å². The van der Waals surface area contributed by atoms with E-state index >= 15 is 0 Å². The van der Waals surface area contributed by atoms with Gasteiger partial charge in [0.25, 0.3) is 0 Å². The third-order valence-electron chi connectivity index (χ3n) is 3.64. The van der Waals surface area contributed by atoms with Crippen molar-refractivity contribution >= 4 is 17.6 Å². The van der Waals surface area contributed by atoms with Crippen molar-refractivity contribution in [3.63, 3.8) is 0 Å². The summed E-state index contributed by atoms with van der Waals surface area (Å²) in [7, 11) is 0. The van der Waals surface area contributed by atoms with E-state index in [2.05, 4.69) is 29.9 Å². The summed E-state index contributed by atoms with van der Waals surface area (Å²) in [5, 5.41) is 0. The highest BCUT2D eigenvalue weighted by molar-refractivity contribution is 7.98. The molecule has 0 radical (unpaired) electrons. The molecule has 0 atom stereocenters. The summed E-state index contributed by atoms with van der Waals surface area (Å²) in [4.78, 5) is 6.08. The van der Waals surface area contributed by atoms with Gasteiger partial charge in [-0.25, -0.2) is 5.84 Å². The minimum Gasteiger partial charge on any atom is -0.308 e. The average molecular weight is 277 g/mol. The van der Waals surface area contributed by atoms with E-state index in [1.54, 1.807) is 11.8 Å². The van der Waals surface area contributed by atoms with E-state index in [4.69, 9.17) is 10.8 Å². The Morgan fingerprint density at radius 3 is 2.53 bits per heavy atom. The van der Waals surface area contributed by atoms with Gasteiger partial charge < -0.3 is 5.43 Å². The van der Waals surface area contributed by atoms with Crippen LogP contribution in [0.3, 0.4) is 0 Å². The summed E-state index contributed by atoms with van der Waals surface area (Å²) in [6.07, 6.45) is 9.72. The monoisotopic (exact) mass is 277 g/mol. The van der Waals surface area contributed by atoms with Gasteiger partial charge in [-0.1, -0.05) is 43.9 Å². The van der Waals surface area contributed by atoms with Crippen molar-refractivity contribution in [2.45, 2.75) is 49.5 Å². The number of hydrogen-bond donors (Lipinski definition) is 2. The van der Waals surface area contributed by atoms with E-state index in [9.17, 15) is 0 Å². The van der Waals surface area contributed by atoms with Gasteiger partial charge in [-0.2, -0.15) is 0 Å². The second-order valence-corrected chi connectivity index (χ2v) is 5.82. The van der Waals surface area contributed by atoms with Crippen molar-refractivity contribution in [1.82, 2.24) is 5.43 Å². The first-order valence-electron chi connectivity index (χ1n) is 7.03. The fraction of sp³-hybridized carbons (Fsp3) is 0.533. The molecule has 0 saturated heterocycles. The smallest absolute Gasteiger partial charge is 0.143 e. The molecule has 2 rings (SSSR count). The third kappa shape index (κ3) is 3.98. The van der Waals surface area contributed by atoms with E-state index in [0.29, 0.717) is 6.04 Å². The summed E-state index contributed by atoms with van der Waals surface area (Å²) in [6.45, 7) is 0. The first-order chi connectivity index (χ1) is 9.35. The Balaban J connectivity index is 2.22. The van der Waals surface area contributed by atoms with Crippen LogP contribution in [0.5, 0.6) is 0 Å². The topological polar surface area (TPSA) is 50.4 Å². The van der Waals surface area contributed by atoms with Crippen LogP contribution in [0, 0.1) is 0 Å². The van der Waals surface area contributed by atoms with Gasteiger partial charge >= 0.3 is 0 Å². The molecule has 1 aliphatic carbocycles. The number of thioether (sulfide) groups is 1. The number of amidine groups is 1. The lowest BCUT2D eigenvalue weighted by atomic mass is 10.1. The Bertz CT molecular complexity index is 423. The van der Waals surface area contributed by atoms with Crippen LogP contribution < -0.4 is 11.3 Å². The van der Waals surface area contributed by atoms with Crippen molar-refractivity contribution in [2.24, 2.45) is 10.8 Å². The number of benzene rings is 1. The van der Waals surface area contributed by atoms with Gasteiger partial charge in [0.05, 0.1) is 6.04 Å². The summed E-state index contributed by atoms with van der Waals surface area (Å²) >= 11 is 1.73. The minimum atomic E-state index is 0.420. The molecule has 0 amide bonds. The number of hydrogen-bond acceptors (Lipinski definition) is 3. The predicted octanol–water partition coefficient (Wildman–Crippen LogP) is 3.34. The Kier molecular flexibility index (Phi) is 5.73. The van der Waals surface area contributed by atoms with Crippen molar-refractivity contribution < 1.29 is 0 Å². The maximum Gasteiger partial charge on any atom is 0.143 e. The van der Waals surface area contributed by atoms with Crippen LogP contribution in [0.25, 0.3) is 0 Å². The molecule has 1 aromatic rings. The number of aliphatic imine (C=N–C) groups is 1. The zero-order valence-electron chi connectivity index (χ0n) is 11.6. The van der Waals surface area contributed by atoms with Gasteiger partial charge in [0.15, 0.2) is 0 Å². The van der Waals surface area contributed by atoms with Crippen LogP contribution in [0.4, 0.5) is 0 Å². The van der Waals surface area contributed by atoms with Gasteiger partial charge in [0, 0.05) is 10.5 Å². The molecule has 104 valence electrons. The molecule has 0 spiro atoms. The van der Waals surface area contributed by atoms with Crippen LogP contribution in [-0.4, -0.2) is 18.1 Å². The number of nitrogens with two attached hydrogens (primary N) is 1. The second kappa shape index (κ2) is 7.56. The molecule has 0 bridgehead atoms. The van der Waals surface area contributed by atoms with E-state index in [0.717, 1.165) is 11.4 Å². The molecule has 0 aromatic heterocycles. The van der Waals surface area contributed by atoms with Crippen LogP contribution in [0.15, 0.2) is 34.2 Å². The summed E-state index contributed by atoms with van der Waals surface area (Å²) in [6, 6.07) is 8.70. The molecule has 1 fully saturated rings. The normalized spacial score (nSPS) is 18.1. The number of rotatable bonds is 3. The Morgan fingerprint density at radius 1 is 1.21 bits per heavy atom. The van der Waals surface area contributed by atoms with E-state index in [1.807, 2.05) is 6.07 Å². The minimum absolute atomic E-state index is 0.420. The number of nitrogens with zero attached hydrogens (tertiary/aromatic N) is 1. The van der Waals surface area contributed by atoms with Gasteiger partial charge in [0.2, 0.25) is 0 Å². The highest BCUT2D eigenvalue weighted by atomic mass is 32.2. The SMILES string of the molecule is CSc1ccccc1C(=NC1CCCCCC1)NN. The van der Waals surface area contributed by atoms with Gasteiger partial charge in [-0.05, 0) is 25.2 Å². The lowest BCUT2D eigenvalue weighted by molar-refractivity contribution is 0.583. The Hall–Kier alpha value is -1.00. The van der Waals surface area contributed by atoms with Crippen LogP contribution >= 0.6 is 11.8 Å². The van der Waals surface area contributed by atoms with Gasteiger partial charge in [-0.3, -0.25) is 4.99 Å². The molecule has 1 aromatic carbocycles. The molecule has 3 nitrogen and oxygen atoms in total. The fourth-order valence-electron chi connectivity index (χ4n) is 2.59. The maximum atomic E-state index is 5.69. The van der Waals surface area contributed by atoms with Crippen molar-refractivity contribution in [2.75, 3.05) is 6.26 Å². The first kappa shape index (κ1) is 14.4. The zero-order chi connectivity index (χ0) is 13.5. The predicted molar refractivity (Wildman–Crippen MR) is 83.6 cm³/mol. The molecule has 0 aliphatic heterocycles. The van der Waals surface area contributed by atoms with Crippen molar-refractivity contribution in [3.8, 4) is 0 Å². The third-order valence-corrected chi connectivity index (χ3v) is 4.43. The van der Waals surface area contributed by atoms with Crippen LogP contribution in [0.1, 0.15) is 44.1 Å². The zero-order valence-corrected chi connectivity index (χ0v) is 12.4. The first-order valence-corrected chi connectivity index (χ1v) is 8.25. The molecule has 19 heavy (non-hydrogen) atoms. The van der Waals surface area contributed by atoms with E-state index in [1.165, 1.54) is 43.4 Å². The quantitative estimate of drug-likeness (QED) is 0.222. The summed E-state index contributed by atoms with van der Waals surface area (Å²) in [5.41, 5.74) is 3.91. The largest absolute Gasteiger partial charge is 0.308 e. The second-order valence-electron chi connectivity index (χ2n) is 4.97. The van der Waals surface area contributed by atoms with Crippen LogP contribution in [0.2, 0.25) is 0 Å². The highest BCUT2D eigenvalue weighted by Crippen LogP contribution is 2.23. The summed E-state index contributed by atoms with van der Waals surface area (Å²) < 4.78 is 0. The average Bonchev–Trinajstić information content (AvgIpc) is 2.73. The molecular weight excluding hydrogens is 254 g/mol. The lowest BCUT2D eigenvalue weighted by Gasteiger charge is -2.14.